The lowest BCUT2D eigenvalue weighted by Gasteiger charge is -2.34. The van der Waals surface area contributed by atoms with Gasteiger partial charge in [-0.25, -0.2) is 0 Å². The molecule has 1 aliphatic heterocycles. The van der Waals surface area contributed by atoms with Gasteiger partial charge in [-0.15, -0.1) is 0 Å². The quantitative estimate of drug-likeness (QED) is 0.554. The largest absolute Gasteiger partial charge is 0.341 e. The van der Waals surface area contributed by atoms with Crippen molar-refractivity contribution in [2.75, 3.05) is 0 Å². The van der Waals surface area contributed by atoms with E-state index in [1.54, 1.807) is 0 Å². The number of thiol groups is 2. The van der Waals surface area contributed by atoms with Gasteiger partial charge in [-0.1, -0.05) is 13.8 Å². The third kappa shape index (κ3) is 2.85. The zero-order valence-corrected chi connectivity index (χ0v) is 11.2. The molecule has 0 radical (unpaired) electrons. The van der Waals surface area contributed by atoms with E-state index in [-0.39, 0.29) is 22.3 Å². The molecule has 4 atom stereocenters. The summed E-state index contributed by atoms with van der Waals surface area (Å²) < 4.78 is 0. The molecule has 0 spiro atoms. The van der Waals surface area contributed by atoms with Crippen LogP contribution in [-0.2, 0) is 9.59 Å². The molecule has 1 rings (SSSR count). The molecule has 92 valence electrons. The van der Waals surface area contributed by atoms with Crippen molar-refractivity contribution in [3.05, 3.63) is 0 Å². The van der Waals surface area contributed by atoms with E-state index in [1.165, 1.54) is 0 Å². The van der Waals surface area contributed by atoms with Gasteiger partial charge in [0.05, 0.1) is 0 Å². The van der Waals surface area contributed by atoms with Crippen LogP contribution in [0.1, 0.15) is 26.7 Å². The molecule has 4 unspecified atom stereocenters. The molecule has 2 N–H and O–H groups in total. The minimum absolute atomic E-state index is 0.148. The minimum atomic E-state index is -0.533. The zero-order chi connectivity index (χ0) is 12.3. The normalized spacial score (nSPS) is 29.2. The number of carbonyl (C=O) groups excluding carboxylic acids is 2. The fourth-order valence-electron chi connectivity index (χ4n) is 1.63. The minimum Gasteiger partial charge on any atom is -0.341 e. The maximum absolute atomic E-state index is 11.8. The fourth-order valence-corrected chi connectivity index (χ4v) is 2.05. The van der Waals surface area contributed by atoms with Crippen molar-refractivity contribution < 1.29 is 9.59 Å². The van der Waals surface area contributed by atoms with Crippen LogP contribution in [0.2, 0.25) is 0 Å². The molecule has 1 fully saturated rings. The van der Waals surface area contributed by atoms with Gasteiger partial charge < -0.3 is 10.6 Å². The van der Waals surface area contributed by atoms with E-state index in [0.29, 0.717) is 0 Å². The highest BCUT2D eigenvalue weighted by Crippen LogP contribution is 2.15. The summed E-state index contributed by atoms with van der Waals surface area (Å²) in [5.41, 5.74) is 0. The van der Waals surface area contributed by atoms with Crippen molar-refractivity contribution in [1.82, 2.24) is 10.6 Å². The molecule has 1 heterocycles. The van der Waals surface area contributed by atoms with E-state index in [9.17, 15) is 9.59 Å². The highest BCUT2D eigenvalue weighted by atomic mass is 32.1. The van der Waals surface area contributed by atoms with Crippen molar-refractivity contribution in [3.8, 4) is 0 Å². The Bertz CT molecular complexity index is 258. The Morgan fingerprint density at radius 3 is 1.56 bits per heavy atom. The SMILES string of the molecule is CCC(S)C1NC(=O)C(C(S)CC)NC1=O. The highest BCUT2D eigenvalue weighted by molar-refractivity contribution is 7.81. The molecule has 2 amide bonds. The maximum atomic E-state index is 11.8. The molecule has 0 saturated carbocycles. The first-order chi connectivity index (χ1) is 7.51. The van der Waals surface area contributed by atoms with Crippen molar-refractivity contribution in [1.29, 1.82) is 0 Å². The first kappa shape index (κ1) is 13.7. The van der Waals surface area contributed by atoms with Gasteiger partial charge in [0, 0.05) is 10.5 Å². The summed E-state index contributed by atoms with van der Waals surface area (Å²) in [5.74, 6) is -0.335. The zero-order valence-electron chi connectivity index (χ0n) is 9.43. The first-order valence-corrected chi connectivity index (χ1v) is 6.51. The third-order valence-electron chi connectivity index (χ3n) is 2.77. The molecular weight excluding hydrogens is 244 g/mol. The highest BCUT2D eigenvalue weighted by Gasteiger charge is 2.38. The molecule has 0 aliphatic carbocycles. The van der Waals surface area contributed by atoms with Crippen LogP contribution < -0.4 is 10.6 Å². The summed E-state index contributed by atoms with van der Waals surface area (Å²) in [7, 11) is 0. The molecule has 6 heteroatoms. The number of carbonyl (C=O) groups is 2. The molecule has 1 saturated heterocycles. The van der Waals surface area contributed by atoms with E-state index < -0.39 is 12.1 Å². The lowest BCUT2D eigenvalue weighted by molar-refractivity contribution is -0.136. The van der Waals surface area contributed by atoms with Crippen molar-refractivity contribution in [2.45, 2.75) is 49.3 Å². The fraction of sp³-hybridized carbons (Fsp3) is 0.800. The van der Waals surface area contributed by atoms with E-state index in [1.807, 2.05) is 13.8 Å². The summed E-state index contributed by atoms with van der Waals surface area (Å²) in [6.07, 6.45) is 1.45. The number of hydrogen-bond donors (Lipinski definition) is 4. The van der Waals surface area contributed by atoms with Crippen LogP contribution in [0.4, 0.5) is 0 Å². The molecular formula is C10H18N2O2S2. The third-order valence-corrected chi connectivity index (χ3v) is 4.09. The Labute approximate surface area is 107 Å². The van der Waals surface area contributed by atoms with Crippen molar-refractivity contribution in [2.24, 2.45) is 0 Å². The van der Waals surface area contributed by atoms with Crippen LogP contribution in [0.15, 0.2) is 0 Å². The Morgan fingerprint density at radius 2 is 1.31 bits per heavy atom. The summed E-state index contributed by atoms with van der Waals surface area (Å²) in [6, 6.07) is -1.07. The van der Waals surface area contributed by atoms with E-state index in [0.717, 1.165) is 12.8 Å². The van der Waals surface area contributed by atoms with Crippen molar-refractivity contribution in [3.63, 3.8) is 0 Å². The molecule has 1 aliphatic rings. The van der Waals surface area contributed by atoms with Gasteiger partial charge in [-0.3, -0.25) is 9.59 Å². The Hall–Kier alpha value is -0.360. The Balaban J connectivity index is 2.71. The van der Waals surface area contributed by atoms with Crippen LogP contribution >= 0.6 is 25.3 Å². The second-order valence-electron chi connectivity index (χ2n) is 3.92. The van der Waals surface area contributed by atoms with Gasteiger partial charge in [-0.05, 0) is 12.8 Å². The number of amides is 2. The van der Waals surface area contributed by atoms with Gasteiger partial charge in [-0.2, -0.15) is 25.3 Å². The summed E-state index contributed by atoms with van der Waals surface area (Å²) >= 11 is 8.57. The Morgan fingerprint density at radius 1 is 1.00 bits per heavy atom. The second kappa shape index (κ2) is 5.82. The lowest BCUT2D eigenvalue weighted by atomic mass is 10.0. The number of piperazine rings is 1. The van der Waals surface area contributed by atoms with Crippen LogP contribution in [0.25, 0.3) is 0 Å². The standard InChI is InChI=1S/C10H18N2O2S2/c1-3-5(15)7-9(13)12-8(6(16)4-2)10(14)11-7/h5-8,15-16H,3-4H2,1-2H3,(H,11,14)(H,12,13). The Kier molecular flexibility index (Phi) is 4.98. The molecule has 4 nitrogen and oxygen atoms in total. The van der Waals surface area contributed by atoms with Gasteiger partial charge >= 0.3 is 0 Å². The van der Waals surface area contributed by atoms with Gasteiger partial charge in [0.1, 0.15) is 12.1 Å². The van der Waals surface area contributed by atoms with Crippen LogP contribution in [-0.4, -0.2) is 34.4 Å². The predicted octanol–water partition coefficient (Wildman–Crippen LogP) is 0.386. The van der Waals surface area contributed by atoms with Crippen LogP contribution in [0, 0.1) is 0 Å². The molecule has 0 aromatic rings. The summed E-state index contributed by atoms with van der Waals surface area (Å²) in [4.78, 5) is 23.5. The summed E-state index contributed by atoms with van der Waals surface area (Å²) in [6.45, 7) is 3.85. The molecule has 0 aromatic carbocycles. The van der Waals surface area contributed by atoms with Gasteiger partial charge in [0.25, 0.3) is 0 Å². The predicted molar refractivity (Wildman–Crippen MR) is 70.0 cm³/mol. The van der Waals surface area contributed by atoms with Crippen LogP contribution in [0.5, 0.6) is 0 Å². The van der Waals surface area contributed by atoms with Gasteiger partial charge in [0.15, 0.2) is 0 Å². The number of hydrogen-bond acceptors (Lipinski definition) is 4. The maximum Gasteiger partial charge on any atom is 0.244 e. The molecule has 0 bridgehead atoms. The topological polar surface area (TPSA) is 58.2 Å². The van der Waals surface area contributed by atoms with Gasteiger partial charge in [0.2, 0.25) is 11.8 Å². The molecule has 16 heavy (non-hydrogen) atoms. The monoisotopic (exact) mass is 262 g/mol. The average molecular weight is 262 g/mol. The van der Waals surface area contributed by atoms with Crippen molar-refractivity contribution >= 4 is 37.1 Å². The van der Waals surface area contributed by atoms with Crippen LogP contribution in [0.3, 0.4) is 0 Å². The number of nitrogens with one attached hydrogen (secondary N) is 2. The first-order valence-electron chi connectivity index (χ1n) is 5.48. The second-order valence-corrected chi connectivity index (χ2v) is 5.25. The van der Waals surface area contributed by atoms with E-state index in [4.69, 9.17) is 0 Å². The number of rotatable bonds is 4. The summed E-state index contributed by atoms with van der Waals surface area (Å²) in [5, 5.41) is 5.12. The average Bonchev–Trinajstić information content (AvgIpc) is 2.29. The molecule has 0 aromatic heterocycles. The smallest absolute Gasteiger partial charge is 0.244 e. The van der Waals surface area contributed by atoms with E-state index >= 15 is 0 Å². The lowest BCUT2D eigenvalue weighted by Crippen LogP contribution is -2.66. The van der Waals surface area contributed by atoms with E-state index in [2.05, 4.69) is 35.9 Å².